The van der Waals surface area contributed by atoms with Crippen molar-refractivity contribution < 1.29 is 41.7 Å². The average Bonchev–Trinajstić information content (AvgIpc) is 3.36. The molecule has 0 saturated carbocycles. The zero-order valence-corrected chi connectivity index (χ0v) is 22.2. The summed E-state index contributed by atoms with van der Waals surface area (Å²) in [6.07, 6.45) is -3.24. The van der Waals surface area contributed by atoms with Crippen LogP contribution in [0.25, 0.3) is 10.9 Å². The Balaban J connectivity index is 1.91. The van der Waals surface area contributed by atoms with E-state index in [1.54, 1.807) is 30.1 Å². The van der Waals surface area contributed by atoms with Crippen LogP contribution < -0.4 is 19.1 Å². The number of Topliss-reactive ketones (excluding diaryl/α,β-unsaturated/α-hetero) is 1. The van der Waals surface area contributed by atoms with Gasteiger partial charge in [0.15, 0.2) is 5.78 Å². The van der Waals surface area contributed by atoms with E-state index in [1.165, 1.54) is 39.5 Å². The van der Waals surface area contributed by atoms with Gasteiger partial charge in [-0.05, 0) is 36.8 Å². The minimum absolute atomic E-state index is 0.0146. The first kappa shape index (κ1) is 28.8. The van der Waals surface area contributed by atoms with E-state index in [0.29, 0.717) is 28.3 Å². The number of nitrogens with zero attached hydrogens (tertiary/aromatic N) is 1. The number of benzene rings is 3. The number of fused-ring (bicyclic) bond motifs is 1. The predicted octanol–water partition coefficient (Wildman–Crippen LogP) is 6.08. The lowest BCUT2D eigenvalue weighted by Gasteiger charge is -2.31. The molecule has 1 heterocycles. The van der Waals surface area contributed by atoms with E-state index in [1.807, 2.05) is 0 Å². The van der Waals surface area contributed by atoms with Crippen molar-refractivity contribution in [2.75, 3.05) is 39.4 Å². The van der Waals surface area contributed by atoms with E-state index in [4.69, 9.17) is 14.2 Å². The molecule has 0 aliphatic rings. The number of aliphatic hydroxyl groups is 1. The molecule has 4 rings (SSSR count). The molecule has 0 aliphatic heterocycles. The second kappa shape index (κ2) is 11.5. The number of aromatic amines is 1. The molecule has 40 heavy (non-hydrogen) atoms. The number of ketones is 1. The molecule has 0 aliphatic carbocycles. The van der Waals surface area contributed by atoms with E-state index in [2.05, 4.69) is 4.98 Å². The summed E-state index contributed by atoms with van der Waals surface area (Å²) in [6, 6.07) is 9.36. The number of likely N-dealkylation sites (N-methyl/N-ethyl adjacent to an activating group) is 1. The van der Waals surface area contributed by atoms with Gasteiger partial charge in [0.2, 0.25) is 0 Å². The number of H-pyrrole nitrogens is 1. The molecular formula is C29H28F4N2O5. The molecule has 3 aromatic carbocycles. The Hall–Kier alpha value is -4.25. The third-order valence-electron chi connectivity index (χ3n) is 6.57. The summed E-state index contributed by atoms with van der Waals surface area (Å²) in [5, 5.41) is 9.28. The lowest BCUT2D eigenvalue weighted by atomic mass is 9.93. The standard InChI is InChI=1S/C29H28F4N2O5/c1-16-9-17(29(31,32)33)10-23-24(15-34-26(16)23)28(37)27(22-6-5-18(30)11-25(22)39-4)35(2)19-12-20(38-3)14-21(13-19)40-8-7-36/h5-6,9-15,27,34,36H,7-8H2,1-4H3. The fourth-order valence-electron chi connectivity index (χ4n) is 4.64. The third-order valence-corrected chi connectivity index (χ3v) is 6.57. The zero-order chi connectivity index (χ0) is 29.2. The largest absolute Gasteiger partial charge is 0.497 e. The minimum atomic E-state index is -4.61. The number of aryl methyl sites for hydroxylation is 1. The summed E-state index contributed by atoms with van der Waals surface area (Å²) in [7, 11) is 4.39. The summed E-state index contributed by atoms with van der Waals surface area (Å²) in [4.78, 5) is 18.8. The maximum absolute atomic E-state index is 14.3. The molecule has 2 N–H and O–H groups in total. The number of carbonyl (C=O) groups is 1. The van der Waals surface area contributed by atoms with Crippen molar-refractivity contribution in [2.24, 2.45) is 0 Å². The average molecular weight is 561 g/mol. The molecule has 4 aromatic rings. The first-order valence-electron chi connectivity index (χ1n) is 12.2. The maximum atomic E-state index is 14.3. The maximum Gasteiger partial charge on any atom is 0.416 e. The number of aromatic nitrogens is 1. The van der Waals surface area contributed by atoms with E-state index >= 15 is 0 Å². The van der Waals surface area contributed by atoms with E-state index < -0.39 is 29.4 Å². The summed E-state index contributed by atoms with van der Waals surface area (Å²) in [5.41, 5.74) is 0.594. The van der Waals surface area contributed by atoms with Crippen molar-refractivity contribution in [3.8, 4) is 17.2 Å². The third kappa shape index (κ3) is 5.69. The summed E-state index contributed by atoms with van der Waals surface area (Å²) < 4.78 is 71.4. The van der Waals surface area contributed by atoms with Gasteiger partial charge in [0, 0.05) is 65.2 Å². The van der Waals surface area contributed by atoms with Gasteiger partial charge in [0.05, 0.1) is 26.4 Å². The molecular weight excluding hydrogens is 532 g/mol. The Labute approximate surface area is 227 Å². The molecule has 0 spiro atoms. The van der Waals surface area contributed by atoms with Gasteiger partial charge in [-0.15, -0.1) is 0 Å². The van der Waals surface area contributed by atoms with Gasteiger partial charge in [-0.2, -0.15) is 13.2 Å². The Bertz CT molecular complexity index is 1530. The fraction of sp³-hybridized carbons (Fsp3) is 0.276. The normalized spacial score (nSPS) is 12.3. The highest BCUT2D eigenvalue weighted by atomic mass is 19.4. The van der Waals surface area contributed by atoms with Crippen molar-refractivity contribution in [1.82, 2.24) is 4.98 Å². The molecule has 0 saturated heterocycles. The molecule has 212 valence electrons. The lowest BCUT2D eigenvalue weighted by Crippen LogP contribution is -2.31. The van der Waals surface area contributed by atoms with Crippen LogP contribution in [0.5, 0.6) is 17.2 Å². The number of hydrogen-bond acceptors (Lipinski definition) is 6. The first-order valence-corrected chi connectivity index (χ1v) is 12.2. The van der Waals surface area contributed by atoms with Crippen molar-refractivity contribution in [1.29, 1.82) is 0 Å². The molecule has 1 aromatic heterocycles. The zero-order valence-electron chi connectivity index (χ0n) is 22.2. The number of carbonyl (C=O) groups excluding carboxylic acids is 1. The summed E-state index contributed by atoms with van der Waals surface area (Å²) >= 11 is 0. The van der Waals surface area contributed by atoms with Crippen LogP contribution >= 0.6 is 0 Å². The number of anilines is 1. The lowest BCUT2D eigenvalue weighted by molar-refractivity contribution is -0.137. The molecule has 0 bridgehead atoms. The number of methoxy groups -OCH3 is 2. The van der Waals surface area contributed by atoms with Crippen LogP contribution in [0.15, 0.2) is 54.7 Å². The number of ether oxygens (including phenoxy) is 3. The van der Waals surface area contributed by atoms with Gasteiger partial charge in [-0.3, -0.25) is 4.79 Å². The van der Waals surface area contributed by atoms with E-state index in [9.17, 15) is 27.5 Å². The highest BCUT2D eigenvalue weighted by Crippen LogP contribution is 2.40. The summed E-state index contributed by atoms with van der Waals surface area (Å²) in [6.45, 7) is 1.32. The fourth-order valence-corrected chi connectivity index (χ4v) is 4.64. The van der Waals surface area contributed by atoms with E-state index in [-0.39, 0.29) is 35.5 Å². The topological polar surface area (TPSA) is 84.0 Å². The predicted molar refractivity (Wildman–Crippen MR) is 142 cm³/mol. The van der Waals surface area contributed by atoms with Crippen LogP contribution in [0.1, 0.15) is 33.1 Å². The van der Waals surface area contributed by atoms with Crippen molar-refractivity contribution >= 4 is 22.4 Å². The quantitative estimate of drug-likeness (QED) is 0.181. The van der Waals surface area contributed by atoms with Crippen LogP contribution in [0.4, 0.5) is 23.2 Å². The van der Waals surface area contributed by atoms with Crippen molar-refractivity contribution in [3.05, 3.63) is 82.8 Å². The molecule has 0 radical (unpaired) electrons. The molecule has 1 atom stereocenters. The van der Waals surface area contributed by atoms with Crippen molar-refractivity contribution in [3.63, 3.8) is 0 Å². The highest BCUT2D eigenvalue weighted by Gasteiger charge is 2.34. The number of halogens is 4. The Kier molecular flexibility index (Phi) is 8.24. The monoisotopic (exact) mass is 560 g/mol. The van der Waals surface area contributed by atoms with Gasteiger partial charge in [-0.1, -0.05) is 0 Å². The number of aliphatic hydroxyl groups excluding tert-OH is 1. The highest BCUT2D eigenvalue weighted by molar-refractivity contribution is 6.12. The SMILES string of the molecule is COc1cc(OCCO)cc(N(C)C(C(=O)c2c[nH]c3c(C)cc(C(F)(F)F)cc23)c2ccc(F)cc2OC)c1. The molecule has 0 fully saturated rings. The van der Waals surface area contributed by atoms with Crippen molar-refractivity contribution in [2.45, 2.75) is 19.1 Å². The first-order chi connectivity index (χ1) is 19.0. The van der Waals surface area contributed by atoms with Crippen LogP contribution in [-0.4, -0.2) is 50.4 Å². The van der Waals surface area contributed by atoms with Crippen LogP contribution in [0.2, 0.25) is 0 Å². The number of alkyl halides is 3. The van der Waals surface area contributed by atoms with Gasteiger partial charge in [0.1, 0.15) is 35.7 Å². The van der Waals surface area contributed by atoms with E-state index in [0.717, 1.165) is 18.2 Å². The Morgan fingerprint density at radius 1 is 1.05 bits per heavy atom. The minimum Gasteiger partial charge on any atom is -0.497 e. The smallest absolute Gasteiger partial charge is 0.416 e. The van der Waals surface area contributed by atoms with Crippen LogP contribution in [0.3, 0.4) is 0 Å². The molecule has 1 unspecified atom stereocenters. The van der Waals surface area contributed by atoms with Gasteiger partial charge in [0.25, 0.3) is 0 Å². The second-order valence-corrected chi connectivity index (χ2v) is 9.12. The van der Waals surface area contributed by atoms with Gasteiger partial charge >= 0.3 is 6.18 Å². The second-order valence-electron chi connectivity index (χ2n) is 9.12. The summed E-state index contributed by atoms with van der Waals surface area (Å²) in [5.74, 6) is -0.319. The number of nitrogens with one attached hydrogen (secondary N) is 1. The Morgan fingerprint density at radius 3 is 2.42 bits per heavy atom. The van der Waals surface area contributed by atoms with Gasteiger partial charge in [-0.25, -0.2) is 4.39 Å². The van der Waals surface area contributed by atoms with Crippen LogP contribution in [0, 0.1) is 12.7 Å². The van der Waals surface area contributed by atoms with Gasteiger partial charge < -0.3 is 29.2 Å². The van der Waals surface area contributed by atoms with Crippen LogP contribution in [-0.2, 0) is 6.18 Å². The Morgan fingerprint density at radius 2 is 1.77 bits per heavy atom. The molecule has 7 nitrogen and oxygen atoms in total. The number of rotatable bonds is 10. The molecule has 11 heteroatoms. The molecule has 0 amide bonds. The number of hydrogen-bond donors (Lipinski definition) is 2.